The van der Waals surface area contributed by atoms with Crippen LogP contribution < -0.4 is 14.8 Å². The molecule has 118 valence electrons. The molecule has 0 unspecified atom stereocenters. The zero-order valence-corrected chi connectivity index (χ0v) is 12.8. The lowest BCUT2D eigenvalue weighted by Crippen LogP contribution is -2.19. The van der Waals surface area contributed by atoms with Gasteiger partial charge < -0.3 is 24.3 Å². The highest BCUT2D eigenvalue weighted by Crippen LogP contribution is 2.25. The highest BCUT2D eigenvalue weighted by molar-refractivity contribution is 5.69. The predicted octanol–water partition coefficient (Wildman–Crippen LogP) is 1.37. The molecular formula is C15H23NO5. The summed E-state index contributed by atoms with van der Waals surface area (Å²) in [5, 5.41) is 3.25. The van der Waals surface area contributed by atoms with Gasteiger partial charge in [0.1, 0.15) is 11.5 Å². The number of benzene rings is 1. The topological polar surface area (TPSA) is 66.0 Å². The molecule has 21 heavy (non-hydrogen) atoms. The molecule has 0 aliphatic rings. The standard InChI is InChI=1S/C15H23NO5/c1-18-9-7-16-11-12-4-5-13(19-2)10-14(12)21-8-6-15(17)20-3/h4-5,10,16H,6-9,11H2,1-3H3. The van der Waals surface area contributed by atoms with E-state index in [1.165, 1.54) is 7.11 Å². The van der Waals surface area contributed by atoms with E-state index in [4.69, 9.17) is 14.2 Å². The molecule has 0 radical (unpaired) electrons. The number of methoxy groups -OCH3 is 3. The molecule has 6 heteroatoms. The molecule has 0 fully saturated rings. The maximum atomic E-state index is 11.1. The van der Waals surface area contributed by atoms with Crippen molar-refractivity contribution in [2.45, 2.75) is 13.0 Å². The molecule has 0 bridgehead atoms. The zero-order valence-electron chi connectivity index (χ0n) is 12.8. The van der Waals surface area contributed by atoms with E-state index in [-0.39, 0.29) is 19.0 Å². The van der Waals surface area contributed by atoms with Crippen LogP contribution in [-0.4, -0.2) is 47.1 Å². The average Bonchev–Trinajstić information content (AvgIpc) is 2.52. The minimum atomic E-state index is -0.294. The van der Waals surface area contributed by atoms with Gasteiger partial charge in [-0.3, -0.25) is 4.79 Å². The Bertz CT molecular complexity index is 436. The molecule has 0 spiro atoms. The molecule has 0 aromatic heterocycles. The summed E-state index contributed by atoms with van der Waals surface area (Å²) in [7, 11) is 4.62. The molecular weight excluding hydrogens is 274 g/mol. The molecule has 0 amide bonds. The zero-order chi connectivity index (χ0) is 15.5. The van der Waals surface area contributed by atoms with Gasteiger partial charge in [0, 0.05) is 31.8 Å². The summed E-state index contributed by atoms with van der Waals surface area (Å²) in [5.74, 6) is 1.12. The van der Waals surface area contributed by atoms with Crippen LogP contribution in [0.25, 0.3) is 0 Å². The molecule has 1 rings (SSSR count). The minimum Gasteiger partial charge on any atom is -0.497 e. The van der Waals surface area contributed by atoms with E-state index in [9.17, 15) is 4.79 Å². The van der Waals surface area contributed by atoms with Crippen LogP contribution in [0.1, 0.15) is 12.0 Å². The molecule has 1 N–H and O–H groups in total. The van der Waals surface area contributed by atoms with Crippen LogP contribution in [0.2, 0.25) is 0 Å². The third-order valence-electron chi connectivity index (χ3n) is 2.86. The first-order valence-electron chi connectivity index (χ1n) is 6.77. The number of hydrogen-bond acceptors (Lipinski definition) is 6. The van der Waals surface area contributed by atoms with Crippen molar-refractivity contribution < 1.29 is 23.7 Å². The summed E-state index contributed by atoms with van der Waals surface area (Å²) in [5.41, 5.74) is 0.997. The van der Waals surface area contributed by atoms with Gasteiger partial charge in [0.25, 0.3) is 0 Å². The van der Waals surface area contributed by atoms with Gasteiger partial charge in [-0.2, -0.15) is 0 Å². The van der Waals surface area contributed by atoms with Crippen LogP contribution in [0, 0.1) is 0 Å². The summed E-state index contributed by atoms with van der Waals surface area (Å²) in [6, 6.07) is 5.62. The van der Waals surface area contributed by atoms with E-state index in [1.54, 1.807) is 14.2 Å². The van der Waals surface area contributed by atoms with Crippen molar-refractivity contribution >= 4 is 5.97 Å². The monoisotopic (exact) mass is 297 g/mol. The minimum absolute atomic E-state index is 0.213. The maximum Gasteiger partial charge on any atom is 0.308 e. The van der Waals surface area contributed by atoms with E-state index in [2.05, 4.69) is 10.1 Å². The quantitative estimate of drug-likeness (QED) is 0.520. The highest BCUT2D eigenvalue weighted by Gasteiger charge is 2.07. The summed E-state index contributed by atoms with van der Waals surface area (Å²) in [6.07, 6.45) is 0.213. The van der Waals surface area contributed by atoms with Crippen LogP contribution in [-0.2, 0) is 20.8 Å². The first-order valence-corrected chi connectivity index (χ1v) is 6.77. The Labute approximate surface area is 125 Å². The fourth-order valence-corrected chi connectivity index (χ4v) is 1.69. The molecule has 0 atom stereocenters. The van der Waals surface area contributed by atoms with Gasteiger partial charge in [0.15, 0.2) is 0 Å². The second-order valence-electron chi connectivity index (χ2n) is 4.32. The van der Waals surface area contributed by atoms with Gasteiger partial charge in [-0.15, -0.1) is 0 Å². The Morgan fingerprint density at radius 1 is 1.19 bits per heavy atom. The molecule has 0 saturated heterocycles. The van der Waals surface area contributed by atoms with Gasteiger partial charge in [-0.25, -0.2) is 0 Å². The molecule has 0 saturated carbocycles. The summed E-state index contributed by atoms with van der Waals surface area (Å²) in [4.78, 5) is 11.1. The Kier molecular flexibility index (Phi) is 8.23. The van der Waals surface area contributed by atoms with E-state index in [0.717, 1.165) is 12.1 Å². The summed E-state index contributed by atoms with van der Waals surface area (Å²) >= 11 is 0. The lowest BCUT2D eigenvalue weighted by Gasteiger charge is -2.13. The molecule has 1 aromatic rings. The first kappa shape index (κ1) is 17.3. The third kappa shape index (κ3) is 6.46. The number of esters is 1. The molecule has 1 aromatic carbocycles. The van der Waals surface area contributed by atoms with Crippen LogP contribution in [0.15, 0.2) is 18.2 Å². The largest absolute Gasteiger partial charge is 0.497 e. The number of hydrogen-bond donors (Lipinski definition) is 1. The normalized spacial score (nSPS) is 10.2. The number of carbonyl (C=O) groups is 1. The van der Waals surface area contributed by atoms with Crippen LogP contribution in [0.3, 0.4) is 0 Å². The number of ether oxygens (including phenoxy) is 4. The highest BCUT2D eigenvalue weighted by atomic mass is 16.5. The molecule has 0 heterocycles. The van der Waals surface area contributed by atoms with Crippen LogP contribution in [0.5, 0.6) is 11.5 Å². The van der Waals surface area contributed by atoms with Crippen molar-refractivity contribution in [3.8, 4) is 11.5 Å². The van der Waals surface area contributed by atoms with E-state index < -0.39 is 0 Å². The van der Waals surface area contributed by atoms with Gasteiger partial charge >= 0.3 is 5.97 Å². The van der Waals surface area contributed by atoms with Crippen LogP contribution >= 0.6 is 0 Å². The summed E-state index contributed by atoms with van der Waals surface area (Å²) in [6.45, 7) is 2.32. The average molecular weight is 297 g/mol. The smallest absolute Gasteiger partial charge is 0.308 e. The van der Waals surface area contributed by atoms with Crippen molar-refractivity contribution in [3.63, 3.8) is 0 Å². The van der Waals surface area contributed by atoms with Crippen molar-refractivity contribution in [1.82, 2.24) is 5.32 Å². The lowest BCUT2D eigenvalue weighted by atomic mass is 10.2. The van der Waals surface area contributed by atoms with Gasteiger partial charge in [0.05, 0.1) is 33.9 Å². The van der Waals surface area contributed by atoms with Gasteiger partial charge in [-0.1, -0.05) is 6.07 Å². The van der Waals surface area contributed by atoms with Crippen molar-refractivity contribution in [2.24, 2.45) is 0 Å². The molecule has 6 nitrogen and oxygen atoms in total. The lowest BCUT2D eigenvalue weighted by molar-refractivity contribution is -0.141. The maximum absolute atomic E-state index is 11.1. The van der Waals surface area contributed by atoms with Crippen molar-refractivity contribution in [3.05, 3.63) is 23.8 Å². The Hall–Kier alpha value is -1.79. The van der Waals surface area contributed by atoms with E-state index >= 15 is 0 Å². The molecule has 0 aliphatic heterocycles. The van der Waals surface area contributed by atoms with Crippen molar-refractivity contribution in [2.75, 3.05) is 41.1 Å². The fraction of sp³-hybridized carbons (Fsp3) is 0.533. The number of rotatable bonds is 10. The predicted molar refractivity (Wildman–Crippen MR) is 78.7 cm³/mol. The van der Waals surface area contributed by atoms with E-state index in [1.807, 2.05) is 18.2 Å². The van der Waals surface area contributed by atoms with Crippen molar-refractivity contribution in [1.29, 1.82) is 0 Å². The van der Waals surface area contributed by atoms with Gasteiger partial charge in [0.2, 0.25) is 0 Å². The Morgan fingerprint density at radius 2 is 2.00 bits per heavy atom. The van der Waals surface area contributed by atoms with Crippen LogP contribution in [0.4, 0.5) is 0 Å². The Morgan fingerprint density at radius 3 is 2.67 bits per heavy atom. The fourth-order valence-electron chi connectivity index (χ4n) is 1.69. The first-order chi connectivity index (χ1) is 10.2. The summed E-state index contributed by atoms with van der Waals surface area (Å²) < 4.78 is 20.4. The molecule has 0 aliphatic carbocycles. The van der Waals surface area contributed by atoms with E-state index in [0.29, 0.717) is 24.7 Å². The Balaban J connectivity index is 2.61. The SMILES string of the molecule is COCCNCc1ccc(OC)cc1OCCC(=O)OC. The number of nitrogens with one attached hydrogen (secondary N) is 1. The third-order valence-corrected chi connectivity index (χ3v) is 2.86. The van der Waals surface area contributed by atoms with Gasteiger partial charge in [-0.05, 0) is 6.07 Å². The number of carbonyl (C=O) groups excluding carboxylic acids is 1. The second-order valence-corrected chi connectivity index (χ2v) is 4.32. The second kappa shape index (κ2) is 10.0.